The summed E-state index contributed by atoms with van der Waals surface area (Å²) in [5, 5.41) is 0. The van der Waals surface area contributed by atoms with Crippen LogP contribution in [0.15, 0.2) is 54.6 Å². The van der Waals surface area contributed by atoms with Gasteiger partial charge in [0.25, 0.3) is 0 Å². The van der Waals surface area contributed by atoms with E-state index < -0.39 is 5.97 Å². The maximum Gasteiger partial charge on any atom is 0.337 e. The number of hydrogen-bond acceptors (Lipinski definition) is 4. The molecule has 0 aliphatic rings. The Morgan fingerprint density at radius 2 is 1.78 bits per heavy atom. The van der Waals surface area contributed by atoms with Crippen molar-refractivity contribution in [1.82, 2.24) is 0 Å². The summed E-state index contributed by atoms with van der Waals surface area (Å²) in [6.45, 7) is 2.09. The second-order valence-corrected chi connectivity index (χ2v) is 5.17. The Kier molecular flexibility index (Phi) is 5.92. The summed E-state index contributed by atoms with van der Waals surface area (Å²) >= 11 is 0. The van der Waals surface area contributed by atoms with Gasteiger partial charge >= 0.3 is 11.9 Å². The quantitative estimate of drug-likeness (QED) is 0.763. The van der Waals surface area contributed by atoms with Crippen LogP contribution < -0.4 is 0 Å². The molecule has 0 N–H and O–H groups in total. The molecule has 0 saturated carbocycles. The minimum Gasteiger partial charge on any atom is -0.465 e. The Labute approximate surface area is 136 Å². The fourth-order valence-corrected chi connectivity index (χ4v) is 2.38. The van der Waals surface area contributed by atoms with Crippen molar-refractivity contribution in [3.8, 4) is 0 Å². The predicted molar refractivity (Wildman–Crippen MR) is 87.1 cm³/mol. The van der Waals surface area contributed by atoms with Gasteiger partial charge in [-0.05, 0) is 29.7 Å². The number of methoxy groups -OCH3 is 1. The molecule has 1 unspecified atom stereocenters. The summed E-state index contributed by atoms with van der Waals surface area (Å²) < 4.78 is 10.1. The van der Waals surface area contributed by atoms with E-state index in [1.807, 2.05) is 43.3 Å². The average Bonchev–Trinajstić information content (AvgIpc) is 2.61. The van der Waals surface area contributed by atoms with Crippen LogP contribution >= 0.6 is 0 Å². The highest BCUT2D eigenvalue weighted by Gasteiger charge is 2.20. The normalized spacial score (nSPS) is 11.6. The molecule has 0 heterocycles. The molecule has 1 atom stereocenters. The largest absolute Gasteiger partial charge is 0.465 e. The van der Waals surface area contributed by atoms with Gasteiger partial charge in [-0.3, -0.25) is 4.79 Å². The lowest BCUT2D eigenvalue weighted by Gasteiger charge is -2.14. The van der Waals surface area contributed by atoms with Crippen LogP contribution in [0.3, 0.4) is 0 Å². The molecule has 0 saturated heterocycles. The first-order valence-electron chi connectivity index (χ1n) is 7.54. The number of hydrogen-bond donors (Lipinski definition) is 0. The molecule has 0 amide bonds. The van der Waals surface area contributed by atoms with Crippen molar-refractivity contribution < 1.29 is 19.1 Å². The lowest BCUT2D eigenvalue weighted by atomic mass is 9.97. The smallest absolute Gasteiger partial charge is 0.337 e. The molecular formula is C19H20O4. The fraction of sp³-hybridized carbons (Fsp3) is 0.263. The molecule has 2 aromatic carbocycles. The van der Waals surface area contributed by atoms with E-state index in [0.717, 1.165) is 11.1 Å². The van der Waals surface area contributed by atoms with E-state index in [0.29, 0.717) is 12.0 Å². The van der Waals surface area contributed by atoms with Crippen molar-refractivity contribution in [2.75, 3.05) is 7.11 Å². The van der Waals surface area contributed by atoms with Gasteiger partial charge in [-0.25, -0.2) is 4.79 Å². The maximum absolute atomic E-state index is 12.3. The molecule has 0 aliphatic carbocycles. The lowest BCUT2D eigenvalue weighted by Crippen LogP contribution is -2.15. The Hall–Kier alpha value is -2.62. The van der Waals surface area contributed by atoms with Gasteiger partial charge in [-0.1, -0.05) is 49.4 Å². The van der Waals surface area contributed by atoms with Crippen molar-refractivity contribution >= 4 is 11.9 Å². The molecule has 2 rings (SSSR count). The van der Waals surface area contributed by atoms with Crippen LogP contribution in [-0.4, -0.2) is 19.0 Å². The van der Waals surface area contributed by atoms with Gasteiger partial charge in [-0.15, -0.1) is 0 Å². The Bertz CT molecular complexity index is 664. The molecule has 0 bridgehead atoms. The SMILES string of the molecule is CCC(C(=O)OCc1cccc(C(=O)OC)c1)c1ccccc1. The summed E-state index contributed by atoms with van der Waals surface area (Å²) in [4.78, 5) is 23.8. The van der Waals surface area contributed by atoms with Crippen molar-refractivity contribution in [2.45, 2.75) is 25.9 Å². The molecular weight excluding hydrogens is 292 g/mol. The third kappa shape index (κ3) is 4.42. The Morgan fingerprint density at radius 3 is 2.43 bits per heavy atom. The topological polar surface area (TPSA) is 52.6 Å². The average molecular weight is 312 g/mol. The van der Waals surface area contributed by atoms with Gasteiger partial charge in [0.15, 0.2) is 0 Å². The molecule has 0 aliphatic heterocycles. The Morgan fingerprint density at radius 1 is 1.04 bits per heavy atom. The molecule has 0 fully saturated rings. The standard InChI is InChI=1S/C19H20O4/c1-3-17(15-9-5-4-6-10-15)19(21)23-13-14-8-7-11-16(12-14)18(20)22-2/h4-12,17H,3,13H2,1-2H3. The monoisotopic (exact) mass is 312 g/mol. The van der Waals surface area contributed by atoms with E-state index in [-0.39, 0.29) is 18.5 Å². The van der Waals surface area contributed by atoms with Crippen molar-refractivity contribution in [3.05, 3.63) is 71.3 Å². The van der Waals surface area contributed by atoms with Crippen molar-refractivity contribution in [1.29, 1.82) is 0 Å². The van der Waals surface area contributed by atoms with Crippen LogP contribution in [0, 0.1) is 0 Å². The molecule has 4 heteroatoms. The van der Waals surface area contributed by atoms with Gasteiger partial charge in [0.05, 0.1) is 18.6 Å². The third-order valence-corrected chi connectivity index (χ3v) is 3.62. The number of rotatable bonds is 6. The van der Waals surface area contributed by atoms with Crippen molar-refractivity contribution in [2.24, 2.45) is 0 Å². The summed E-state index contributed by atoms with van der Waals surface area (Å²) in [6, 6.07) is 16.5. The fourth-order valence-electron chi connectivity index (χ4n) is 2.38. The van der Waals surface area contributed by atoms with Gasteiger partial charge in [-0.2, -0.15) is 0 Å². The molecule has 120 valence electrons. The van der Waals surface area contributed by atoms with Crippen LogP contribution in [-0.2, 0) is 20.9 Å². The second kappa shape index (κ2) is 8.13. The van der Waals surface area contributed by atoms with Crippen LogP contribution in [0.5, 0.6) is 0 Å². The number of carbonyl (C=O) groups is 2. The molecule has 4 nitrogen and oxygen atoms in total. The first-order chi connectivity index (χ1) is 11.2. The molecule has 2 aromatic rings. The Balaban J connectivity index is 2.02. The summed E-state index contributed by atoms with van der Waals surface area (Å²) in [5.74, 6) is -0.948. The number of esters is 2. The van der Waals surface area contributed by atoms with Crippen LogP contribution in [0.4, 0.5) is 0 Å². The predicted octanol–water partition coefficient (Wildman–Crippen LogP) is 3.71. The van der Waals surface area contributed by atoms with E-state index in [4.69, 9.17) is 4.74 Å². The van der Waals surface area contributed by atoms with E-state index in [2.05, 4.69) is 4.74 Å². The second-order valence-electron chi connectivity index (χ2n) is 5.17. The van der Waals surface area contributed by atoms with E-state index in [1.165, 1.54) is 7.11 Å². The van der Waals surface area contributed by atoms with Gasteiger partial charge < -0.3 is 9.47 Å². The minimum absolute atomic E-state index is 0.132. The molecule has 0 spiro atoms. The van der Waals surface area contributed by atoms with E-state index in [9.17, 15) is 9.59 Å². The zero-order valence-corrected chi connectivity index (χ0v) is 13.3. The molecule has 0 aromatic heterocycles. The molecule has 0 radical (unpaired) electrons. The highest BCUT2D eigenvalue weighted by atomic mass is 16.5. The lowest BCUT2D eigenvalue weighted by molar-refractivity contribution is -0.146. The number of ether oxygens (including phenoxy) is 2. The zero-order valence-electron chi connectivity index (χ0n) is 13.3. The maximum atomic E-state index is 12.3. The number of carbonyl (C=O) groups excluding carboxylic acids is 2. The van der Waals surface area contributed by atoms with Crippen molar-refractivity contribution in [3.63, 3.8) is 0 Å². The highest BCUT2D eigenvalue weighted by Crippen LogP contribution is 2.21. The van der Waals surface area contributed by atoms with Crippen LogP contribution in [0.25, 0.3) is 0 Å². The third-order valence-electron chi connectivity index (χ3n) is 3.62. The zero-order chi connectivity index (χ0) is 16.7. The van der Waals surface area contributed by atoms with Gasteiger partial charge in [0.2, 0.25) is 0 Å². The van der Waals surface area contributed by atoms with Gasteiger partial charge in [0, 0.05) is 0 Å². The summed E-state index contributed by atoms with van der Waals surface area (Å²) in [7, 11) is 1.33. The first kappa shape index (κ1) is 16.7. The number of benzene rings is 2. The minimum atomic E-state index is -0.408. The van der Waals surface area contributed by atoms with E-state index in [1.54, 1.807) is 18.2 Å². The van der Waals surface area contributed by atoms with E-state index >= 15 is 0 Å². The highest BCUT2D eigenvalue weighted by molar-refractivity contribution is 5.89. The van der Waals surface area contributed by atoms with Crippen LogP contribution in [0.2, 0.25) is 0 Å². The molecule has 23 heavy (non-hydrogen) atoms. The van der Waals surface area contributed by atoms with Gasteiger partial charge in [0.1, 0.15) is 6.61 Å². The van der Waals surface area contributed by atoms with Crippen LogP contribution in [0.1, 0.15) is 40.7 Å². The summed E-state index contributed by atoms with van der Waals surface area (Å²) in [6.07, 6.45) is 0.672. The first-order valence-corrected chi connectivity index (χ1v) is 7.54. The summed E-state index contributed by atoms with van der Waals surface area (Å²) in [5.41, 5.74) is 2.14.